The fourth-order valence-corrected chi connectivity index (χ4v) is 4.03. The van der Waals surface area contributed by atoms with Gasteiger partial charge in [-0.3, -0.25) is 14.4 Å². The molecule has 0 radical (unpaired) electrons. The van der Waals surface area contributed by atoms with Crippen molar-refractivity contribution < 1.29 is 18.8 Å². The summed E-state index contributed by atoms with van der Waals surface area (Å²) in [4.78, 5) is 40.4. The summed E-state index contributed by atoms with van der Waals surface area (Å²) in [5.74, 6) is -1.34. The molecule has 1 aromatic heterocycles. The number of carbonyl (C=O) groups is 3. The molecule has 0 aliphatic carbocycles. The fraction of sp³-hybridized carbons (Fsp3) is 0.179. The van der Waals surface area contributed by atoms with Crippen molar-refractivity contribution in [1.29, 1.82) is 0 Å². The molecule has 0 aliphatic rings. The van der Waals surface area contributed by atoms with Crippen LogP contribution in [-0.2, 0) is 16.0 Å². The van der Waals surface area contributed by atoms with Crippen LogP contribution in [0.4, 0.5) is 10.1 Å². The number of para-hydroxylation sites is 1. The third kappa shape index (κ3) is 5.96. The van der Waals surface area contributed by atoms with E-state index in [0.29, 0.717) is 17.7 Å². The number of benzene rings is 3. The van der Waals surface area contributed by atoms with Crippen molar-refractivity contribution in [3.63, 3.8) is 0 Å². The van der Waals surface area contributed by atoms with E-state index < -0.39 is 11.9 Å². The summed E-state index contributed by atoms with van der Waals surface area (Å²) in [6, 6.07) is 19.1. The number of fused-ring (bicyclic) bond motifs is 1. The van der Waals surface area contributed by atoms with E-state index in [4.69, 9.17) is 0 Å². The molecule has 0 saturated carbocycles. The van der Waals surface area contributed by atoms with Crippen LogP contribution in [0.15, 0.2) is 79.0 Å². The summed E-state index contributed by atoms with van der Waals surface area (Å²) >= 11 is 0. The van der Waals surface area contributed by atoms with Gasteiger partial charge in [0, 0.05) is 41.7 Å². The zero-order valence-electron chi connectivity index (χ0n) is 20.0. The zero-order chi connectivity index (χ0) is 25.7. The second-order valence-electron chi connectivity index (χ2n) is 8.63. The van der Waals surface area contributed by atoms with Crippen molar-refractivity contribution in [2.24, 2.45) is 0 Å². The van der Waals surface area contributed by atoms with E-state index >= 15 is 0 Å². The Morgan fingerprint density at radius 3 is 2.31 bits per heavy atom. The topological polar surface area (TPSA) is 103 Å². The van der Waals surface area contributed by atoms with Crippen molar-refractivity contribution in [1.82, 2.24) is 15.6 Å². The first-order chi connectivity index (χ1) is 17.3. The monoisotopic (exact) mass is 486 g/mol. The Labute approximate surface area is 208 Å². The maximum Gasteiger partial charge on any atom is 0.255 e. The molecule has 0 spiro atoms. The molecular weight excluding hydrogens is 459 g/mol. The minimum Gasteiger partial charge on any atom is -0.361 e. The van der Waals surface area contributed by atoms with Gasteiger partial charge in [-0.2, -0.15) is 0 Å². The molecule has 8 heteroatoms. The molecule has 7 nitrogen and oxygen atoms in total. The van der Waals surface area contributed by atoms with Crippen molar-refractivity contribution in [3.8, 4) is 0 Å². The van der Waals surface area contributed by atoms with Crippen molar-refractivity contribution in [2.45, 2.75) is 32.4 Å². The molecule has 0 fully saturated rings. The second-order valence-corrected chi connectivity index (χ2v) is 8.63. The number of amides is 3. The highest BCUT2D eigenvalue weighted by Gasteiger charge is 2.23. The third-order valence-electron chi connectivity index (χ3n) is 5.93. The summed E-state index contributed by atoms with van der Waals surface area (Å²) in [6.07, 6.45) is 2.20. The highest BCUT2D eigenvalue weighted by Crippen LogP contribution is 2.21. The van der Waals surface area contributed by atoms with Crippen molar-refractivity contribution in [3.05, 3.63) is 102 Å². The quantitative estimate of drug-likeness (QED) is 0.295. The van der Waals surface area contributed by atoms with Gasteiger partial charge in [0.15, 0.2) is 0 Å². The standard InChI is InChI=1S/C28H27FN4O3/c1-17(19-9-13-23(14-10-19)33-27(35)20-7-11-22(29)12-8-20)31-28(36)26(32-18(2)34)15-21-16-30-25-6-4-3-5-24(21)25/h3-14,16-17,26,30H,15H2,1-2H3,(H,31,36)(H,32,34)(H,33,35). The van der Waals surface area contributed by atoms with Gasteiger partial charge in [0.05, 0.1) is 6.04 Å². The summed E-state index contributed by atoms with van der Waals surface area (Å²) in [5.41, 5.74) is 3.65. The second kappa shape index (κ2) is 10.9. The Morgan fingerprint density at radius 2 is 1.61 bits per heavy atom. The first-order valence-corrected chi connectivity index (χ1v) is 11.6. The van der Waals surface area contributed by atoms with Crippen LogP contribution in [0.1, 0.15) is 41.4 Å². The van der Waals surface area contributed by atoms with Gasteiger partial charge >= 0.3 is 0 Å². The summed E-state index contributed by atoms with van der Waals surface area (Å²) in [5, 5.41) is 9.49. The van der Waals surface area contributed by atoms with Crippen LogP contribution in [0, 0.1) is 5.82 Å². The van der Waals surface area contributed by atoms with Crippen LogP contribution >= 0.6 is 0 Å². The smallest absolute Gasteiger partial charge is 0.255 e. The first kappa shape index (κ1) is 24.7. The van der Waals surface area contributed by atoms with Crippen LogP contribution in [0.5, 0.6) is 0 Å². The van der Waals surface area contributed by atoms with Crippen LogP contribution in [0.25, 0.3) is 10.9 Å². The number of carbonyl (C=O) groups excluding carboxylic acids is 3. The normalized spacial score (nSPS) is 12.5. The molecule has 4 N–H and O–H groups in total. The Kier molecular flexibility index (Phi) is 7.44. The lowest BCUT2D eigenvalue weighted by atomic mass is 10.0. The highest BCUT2D eigenvalue weighted by molar-refractivity contribution is 6.04. The predicted octanol–water partition coefficient (Wildman–Crippen LogP) is 4.48. The Morgan fingerprint density at radius 1 is 0.917 bits per heavy atom. The lowest BCUT2D eigenvalue weighted by Crippen LogP contribution is -2.47. The van der Waals surface area contributed by atoms with Crippen molar-refractivity contribution >= 4 is 34.3 Å². The number of halogens is 1. The maximum atomic E-state index is 13.1. The van der Waals surface area contributed by atoms with Gasteiger partial charge in [-0.25, -0.2) is 4.39 Å². The average molecular weight is 487 g/mol. The average Bonchev–Trinajstić information content (AvgIpc) is 3.27. The Hall–Kier alpha value is -4.46. The van der Waals surface area contributed by atoms with Crippen LogP contribution in [0.3, 0.4) is 0 Å². The molecule has 2 atom stereocenters. The van der Waals surface area contributed by atoms with Gasteiger partial charge in [0.2, 0.25) is 11.8 Å². The summed E-state index contributed by atoms with van der Waals surface area (Å²) < 4.78 is 13.1. The predicted molar refractivity (Wildman–Crippen MR) is 137 cm³/mol. The lowest BCUT2D eigenvalue weighted by molar-refractivity contribution is -0.128. The Balaban J connectivity index is 1.40. The van der Waals surface area contributed by atoms with E-state index in [9.17, 15) is 18.8 Å². The molecule has 0 bridgehead atoms. The number of anilines is 1. The molecule has 0 saturated heterocycles. The third-order valence-corrected chi connectivity index (χ3v) is 5.93. The molecule has 184 valence electrons. The number of aromatic nitrogens is 1. The first-order valence-electron chi connectivity index (χ1n) is 11.6. The van der Waals surface area contributed by atoms with Gasteiger partial charge in [-0.1, -0.05) is 30.3 Å². The van der Waals surface area contributed by atoms with E-state index in [-0.39, 0.29) is 23.8 Å². The van der Waals surface area contributed by atoms with Crippen LogP contribution in [-0.4, -0.2) is 28.7 Å². The summed E-state index contributed by atoms with van der Waals surface area (Å²) in [7, 11) is 0. The van der Waals surface area contributed by atoms with Gasteiger partial charge in [0.25, 0.3) is 5.91 Å². The number of hydrogen-bond acceptors (Lipinski definition) is 3. The van der Waals surface area contributed by atoms with Gasteiger partial charge in [-0.15, -0.1) is 0 Å². The van der Waals surface area contributed by atoms with Crippen LogP contribution in [0.2, 0.25) is 0 Å². The zero-order valence-corrected chi connectivity index (χ0v) is 20.0. The minimum atomic E-state index is -0.738. The van der Waals surface area contributed by atoms with E-state index in [2.05, 4.69) is 20.9 Å². The van der Waals surface area contributed by atoms with Crippen molar-refractivity contribution in [2.75, 3.05) is 5.32 Å². The fourth-order valence-electron chi connectivity index (χ4n) is 4.03. The molecule has 4 aromatic rings. The Bertz CT molecular complexity index is 1380. The minimum absolute atomic E-state index is 0.288. The van der Waals surface area contributed by atoms with E-state index in [1.165, 1.54) is 31.2 Å². The maximum absolute atomic E-state index is 13.1. The number of rotatable bonds is 8. The number of nitrogens with one attached hydrogen (secondary N) is 4. The summed E-state index contributed by atoms with van der Waals surface area (Å²) in [6.45, 7) is 3.23. The van der Waals surface area contributed by atoms with E-state index in [1.54, 1.807) is 24.3 Å². The number of H-pyrrole nitrogens is 1. The molecule has 1 heterocycles. The lowest BCUT2D eigenvalue weighted by Gasteiger charge is -2.21. The molecule has 36 heavy (non-hydrogen) atoms. The molecule has 2 unspecified atom stereocenters. The molecule has 4 rings (SSSR count). The van der Waals surface area contributed by atoms with Gasteiger partial charge in [-0.05, 0) is 60.5 Å². The van der Waals surface area contributed by atoms with Crippen LogP contribution < -0.4 is 16.0 Å². The van der Waals surface area contributed by atoms with E-state index in [1.807, 2.05) is 37.4 Å². The molecule has 3 aromatic carbocycles. The SMILES string of the molecule is CC(=O)NC(Cc1c[nH]c2ccccc12)C(=O)NC(C)c1ccc(NC(=O)c2ccc(F)cc2)cc1. The molecule has 0 aliphatic heterocycles. The van der Waals surface area contributed by atoms with E-state index in [0.717, 1.165) is 22.0 Å². The number of aromatic amines is 1. The molecular formula is C28H27FN4O3. The largest absolute Gasteiger partial charge is 0.361 e. The molecule has 3 amide bonds. The number of hydrogen-bond donors (Lipinski definition) is 4. The van der Waals surface area contributed by atoms with Gasteiger partial charge in [0.1, 0.15) is 11.9 Å². The van der Waals surface area contributed by atoms with Gasteiger partial charge < -0.3 is 20.9 Å². The highest BCUT2D eigenvalue weighted by atomic mass is 19.1.